The summed E-state index contributed by atoms with van der Waals surface area (Å²) in [6.45, 7) is -0.129. The first kappa shape index (κ1) is 12.1. The van der Waals surface area contributed by atoms with Gasteiger partial charge in [-0.25, -0.2) is 4.79 Å². The van der Waals surface area contributed by atoms with E-state index in [0.29, 0.717) is 0 Å². The number of carbonyl (C=O) groups is 1. The second kappa shape index (κ2) is 4.04. The van der Waals surface area contributed by atoms with Crippen molar-refractivity contribution in [2.24, 2.45) is 0 Å². The van der Waals surface area contributed by atoms with Gasteiger partial charge >= 0.3 is 11.7 Å². The maximum Gasteiger partial charge on any atom is 0.469 e. The second-order valence-electron chi connectivity index (χ2n) is 4.40. The molecule has 3 aliphatic heterocycles. The van der Waals surface area contributed by atoms with E-state index in [1.807, 2.05) is 5.32 Å². The number of nitrogens with one attached hydrogen (secondary N) is 1. The van der Waals surface area contributed by atoms with Gasteiger partial charge < -0.3 is 24.8 Å². The molecule has 3 rings (SSSR count). The Morgan fingerprint density at radius 2 is 2.16 bits per heavy atom. The average Bonchev–Trinajstić information content (AvgIpc) is 2.56. The Kier molecular flexibility index (Phi) is 2.58. The zero-order valence-electron chi connectivity index (χ0n) is 9.50. The van der Waals surface area contributed by atoms with E-state index in [0.717, 1.165) is 4.90 Å². The van der Waals surface area contributed by atoms with E-state index in [2.05, 4.69) is 4.98 Å². The van der Waals surface area contributed by atoms with Gasteiger partial charge in [-0.2, -0.15) is 0 Å². The minimum Gasteiger partial charge on any atom is -0.489 e. The number of rotatable bonds is 0. The molecule has 0 radical (unpaired) electrons. The van der Waals surface area contributed by atoms with Gasteiger partial charge in [-0.15, -0.1) is 0 Å². The van der Waals surface area contributed by atoms with Crippen LogP contribution in [0.3, 0.4) is 0 Å². The minimum absolute atomic E-state index is 0.129. The molecule has 2 bridgehead atoms. The number of amides is 2. The molecule has 10 heteroatoms. The van der Waals surface area contributed by atoms with Crippen LogP contribution in [0, 0.1) is 5.39 Å². The number of urea groups is 1. The Hall–Kier alpha value is -1.93. The second-order valence-corrected chi connectivity index (χ2v) is 4.40. The third kappa shape index (κ3) is 1.57. The standard InChI is InChI=1S/C9H10N4O6/c10-12-3-6(16)11-9(17)13-7(3)18-1-2-4(14)5(15)8(13)19-2/h2,4-5,7-8,14-15H,1H2,(H-,11,16,17)/p+1/t2?,4?,5?,7-,8?/m0/s1. The van der Waals surface area contributed by atoms with Gasteiger partial charge in [-0.3, -0.25) is 10.2 Å². The van der Waals surface area contributed by atoms with E-state index >= 15 is 0 Å². The first-order valence-electron chi connectivity index (χ1n) is 5.55. The molecule has 0 spiro atoms. The summed E-state index contributed by atoms with van der Waals surface area (Å²) >= 11 is 0. The van der Waals surface area contributed by atoms with Crippen molar-refractivity contribution in [3.05, 3.63) is 16.6 Å². The summed E-state index contributed by atoms with van der Waals surface area (Å²) in [5.41, 5.74) is -0.308. The summed E-state index contributed by atoms with van der Waals surface area (Å²) in [6.07, 6.45) is -5.66. The predicted octanol–water partition coefficient (Wildman–Crippen LogP) is -1.61. The van der Waals surface area contributed by atoms with Crippen molar-refractivity contribution in [2.45, 2.75) is 30.8 Å². The molecule has 3 heterocycles. The summed E-state index contributed by atoms with van der Waals surface area (Å²) in [5.74, 6) is -0.637. The highest BCUT2D eigenvalue weighted by molar-refractivity contribution is 5.78. The van der Waals surface area contributed by atoms with E-state index in [9.17, 15) is 20.1 Å². The molecule has 0 saturated carbocycles. The van der Waals surface area contributed by atoms with Gasteiger partial charge in [-0.05, 0) is 0 Å². The van der Waals surface area contributed by atoms with Crippen molar-refractivity contribution < 1.29 is 29.6 Å². The van der Waals surface area contributed by atoms with Crippen LogP contribution in [0.2, 0.25) is 0 Å². The highest BCUT2D eigenvalue weighted by atomic mass is 16.6. The van der Waals surface area contributed by atoms with E-state index in [4.69, 9.17) is 14.9 Å². The molecule has 0 aromatic rings. The number of hydrogen-bond donors (Lipinski definition) is 4. The third-order valence-corrected chi connectivity index (χ3v) is 3.33. The maximum atomic E-state index is 11.8. The molecule has 10 nitrogen and oxygen atoms in total. The molecular weight excluding hydrogens is 260 g/mol. The molecule has 3 aliphatic rings. The fraction of sp³-hybridized carbons (Fsp3) is 0.667. The van der Waals surface area contributed by atoms with Gasteiger partial charge in [0.2, 0.25) is 5.39 Å². The first-order valence-corrected chi connectivity index (χ1v) is 5.55. The van der Waals surface area contributed by atoms with Crippen molar-refractivity contribution in [3.63, 3.8) is 0 Å². The molecule has 2 amide bonds. The van der Waals surface area contributed by atoms with E-state index in [1.54, 1.807) is 0 Å². The van der Waals surface area contributed by atoms with Gasteiger partial charge in [0.15, 0.2) is 11.2 Å². The van der Waals surface area contributed by atoms with Crippen molar-refractivity contribution in [1.29, 1.82) is 5.39 Å². The Labute approximate surface area is 106 Å². The van der Waals surface area contributed by atoms with Crippen molar-refractivity contribution in [3.8, 4) is 0 Å². The molecule has 2 saturated heterocycles. The van der Waals surface area contributed by atoms with E-state index in [1.165, 1.54) is 0 Å². The minimum atomic E-state index is -1.32. The van der Waals surface area contributed by atoms with Crippen LogP contribution in [0.1, 0.15) is 0 Å². The Morgan fingerprint density at radius 3 is 2.84 bits per heavy atom. The molecule has 102 valence electrons. The Balaban J connectivity index is 2.02. The van der Waals surface area contributed by atoms with Gasteiger partial charge in [0, 0.05) is 0 Å². The summed E-state index contributed by atoms with van der Waals surface area (Å²) in [7, 11) is 0. The maximum absolute atomic E-state index is 11.8. The summed E-state index contributed by atoms with van der Waals surface area (Å²) < 4.78 is 10.6. The van der Waals surface area contributed by atoms with E-state index < -0.39 is 42.7 Å². The zero-order chi connectivity index (χ0) is 13.7. The molecule has 5 atom stereocenters. The number of diazo groups is 1. The monoisotopic (exact) mass is 271 g/mol. The Morgan fingerprint density at radius 1 is 1.42 bits per heavy atom. The predicted molar refractivity (Wildman–Crippen MR) is 55.5 cm³/mol. The highest BCUT2D eigenvalue weighted by Gasteiger charge is 2.57. The zero-order valence-corrected chi connectivity index (χ0v) is 9.50. The van der Waals surface area contributed by atoms with Crippen LogP contribution in [0.5, 0.6) is 0 Å². The average molecular weight is 271 g/mol. The van der Waals surface area contributed by atoms with Gasteiger partial charge in [-0.1, -0.05) is 0 Å². The number of carbonyl (C=O) groups excluding carboxylic acids is 1. The number of hydrogen-bond acceptors (Lipinski definition) is 7. The number of aliphatic hydroxyl groups excluding tert-OH is 3. The van der Waals surface area contributed by atoms with Crippen molar-refractivity contribution >= 4 is 6.03 Å². The molecule has 4 N–H and O–H groups in total. The molecule has 0 aromatic carbocycles. The van der Waals surface area contributed by atoms with Crippen LogP contribution in [0.25, 0.3) is 4.98 Å². The lowest BCUT2D eigenvalue weighted by Crippen LogP contribution is -2.59. The van der Waals surface area contributed by atoms with Gasteiger partial charge in [0.05, 0.1) is 6.61 Å². The van der Waals surface area contributed by atoms with Crippen LogP contribution < -0.4 is 5.32 Å². The van der Waals surface area contributed by atoms with Crippen LogP contribution in [-0.2, 0) is 9.47 Å². The SMILES string of the molecule is N#[N+]C1=C(O)NC(=O)N2C3OC(CO[C@@H]12)C(O)C3O. The third-order valence-electron chi connectivity index (χ3n) is 3.33. The lowest BCUT2D eigenvalue weighted by atomic mass is 10.1. The molecule has 2 fully saturated rings. The molecule has 4 unspecified atom stereocenters. The molecule has 0 aromatic heterocycles. The smallest absolute Gasteiger partial charge is 0.469 e. The van der Waals surface area contributed by atoms with Crippen LogP contribution in [0.4, 0.5) is 4.79 Å². The Bertz CT molecular complexity index is 501. The van der Waals surface area contributed by atoms with Crippen molar-refractivity contribution in [1.82, 2.24) is 10.2 Å². The fourth-order valence-electron chi connectivity index (χ4n) is 2.37. The van der Waals surface area contributed by atoms with Crippen LogP contribution in [-0.4, -0.2) is 63.6 Å². The largest absolute Gasteiger partial charge is 0.489 e. The molecule has 19 heavy (non-hydrogen) atoms. The molecular formula is C9H11N4O6+. The number of aliphatic hydroxyl groups is 3. The number of fused-ring (bicyclic) bond motifs is 4. The van der Waals surface area contributed by atoms with Crippen molar-refractivity contribution in [2.75, 3.05) is 6.61 Å². The molecule has 0 aliphatic carbocycles. The number of ether oxygens (including phenoxy) is 2. The lowest BCUT2D eigenvalue weighted by Gasteiger charge is -2.34. The van der Waals surface area contributed by atoms with Crippen LogP contribution in [0.15, 0.2) is 11.6 Å². The number of nitrogens with zero attached hydrogens (tertiary/aromatic N) is 3. The van der Waals surface area contributed by atoms with Gasteiger partial charge in [0.25, 0.3) is 12.1 Å². The van der Waals surface area contributed by atoms with E-state index in [-0.39, 0.29) is 12.3 Å². The summed E-state index contributed by atoms with van der Waals surface area (Å²) in [5, 5.41) is 39.9. The summed E-state index contributed by atoms with van der Waals surface area (Å²) in [4.78, 5) is 15.6. The van der Waals surface area contributed by atoms with Gasteiger partial charge in [0.1, 0.15) is 18.3 Å². The highest BCUT2D eigenvalue weighted by Crippen LogP contribution is 2.34. The fourth-order valence-corrected chi connectivity index (χ4v) is 2.37. The summed E-state index contributed by atoms with van der Waals surface area (Å²) in [6, 6.07) is -0.797. The topological polar surface area (TPSA) is 140 Å². The lowest BCUT2D eigenvalue weighted by molar-refractivity contribution is -0.100. The normalized spacial score (nSPS) is 41.4. The van der Waals surface area contributed by atoms with Crippen LogP contribution >= 0.6 is 0 Å². The first-order chi connectivity index (χ1) is 9.04. The quantitative estimate of drug-likeness (QED) is 0.389.